The van der Waals surface area contributed by atoms with Gasteiger partial charge in [-0.25, -0.2) is 4.39 Å². The average molecular weight is 483 g/mol. The molecule has 1 aliphatic rings. The summed E-state index contributed by atoms with van der Waals surface area (Å²) in [4.78, 5) is 13.4. The lowest BCUT2D eigenvalue weighted by Crippen LogP contribution is -2.21. The molecule has 0 saturated carbocycles. The summed E-state index contributed by atoms with van der Waals surface area (Å²) in [5, 5.41) is 6.40. The number of amides is 1. The van der Waals surface area contributed by atoms with Crippen molar-refractivity contribution in [3.05, 3.63) is 136 Å². The Balaban J connectivity index is 1.45. The quantitative estimate of drug-likeness (QED) is 0.281. The lowest BCUT2D eigenvalue weighted by Gasteiger charge is -2.11. The van der Waals surface area contributed by atoms with E-state index in [1.54, 1.807) is 42.5 Å². The van der Waals surface area contributed by atoms with Crippen molar-refractivity contribution in [2.24, 2.45) is 5.10 Å². The van der Waals surface area contributed by atoms with E-state index in [1.807, 2.05) is 60.7 Å². The predicted octanol–water partition coefficient (Wildman–Crippen LogP) is 6.89. The molecule has 0 spiro atoms. The molecule has 6 heteroatoms. The first kappa shape index (κ1) is 22.6. The molecule has 0 atom stereocenters. The molecule has 172 valence electrons. The Kier molecular flexibility index (Phi) is 6.42. The van der Waals surface area contributed by atoms with Gasteiger partial charge in [0.25, 0.3) is 5.91 Å². The fourth-order valence-electron chi connectivity index (χ4n) is 3.76. The summed E-state index contributed by atoms with van der Waals surface area (Å²) in [5.74, 6) is -0.135. The zero-order valence-electron chi connectivity index (χ0n) is 18.6. The molecule has 35 heavy (non-hydrogen) atoms. The molecule has 0 radical (unpaired) electrons. The lowest BCUT2D eigenvalue weighted by molar-refractivity contribution is -0.114. The van der Waals surface area contributed by atoms with Crippen LogP contribution in [0.2, 0.25) is 5.02 Å². The average Bonchev–Trinajstić information content (AvgIpc) is 3.21. The Morgan fingerprint density at radius 2 is 1.57 bits per heavy atom. The zero-order valence-corrected chi connectivity index (χ0v) is 19.3. The molecule has 1 amide bonds. The van der Waals surface area contributed by atoms with Gasteiger partial charge in [0.1, 0.15) is 23.9 Å². The highest BCUT2D eigenvalue weighted by molar-refractivity contribution is 6.37. The summed E-state index contributed by atoms with van der Waals surface area (Å²) in [6.45, 7) is 0.0577. The molecule has 1 heterocycles. The fourth-order valence-corrected chi connectivity index (χ4v) is 4.00. The third kappa shape index (κ3) is 4.86. The number of ether oxygens (including phenoxy) is 1. The van der Waals surface area contributed by atoms with Crippen molar-refractivity contribution in [3.63, 3.8) is 0 Å². The summed E-state index contributed by atoms with van der Waals surface area (Å²) in [6, 6.07) is 30.5. The van der Waals surface area contributed by atoms with Gasteiger partial charge in [0, 0.05) is 11.1 Å². The Morgan fingerprint density at radius 3 is 2.29 bits per heavy atom. The standard InChI is InChI=1S/C29H20ClFN2O2/c30-25-18-20(15-16-27(25)35-19-22-11-7-8-14-26(22)31)17-24-28(21-9-3-1-4-10-21)32-33(29(24)34)23-12-5-2-6-13-23/h1-18H,19H2/b24-17-. The summed E-state index contributed by atoms with van der Waals surface area (Å²) in [5.41, 5.74) is 3.71. The van der Waals surface area contributed by atoms with Gasteiger partial charge in [-0.15, -0.1) is 0 Å². The minimum absolute atomic E-state index is 0.0577. The maximum Gasteiger partial charge on any atom is 0.281 e. The minimum Gasteiger partial charge on any atom is -0.487 e. The maximum absolute atomic E-state index is 13.9. The van der Waals surface area contributed by atoms with E-state index in [4.69, 9.17) is 16.3 Å². The van der Waals surface area contributed by atoms with E-state index in [1.165, 1.54) is 11.1 Å². The van der Waals surface area contributed by atoms with Crippen LogP contribution in [0.3, 0.4) is 0 Å². The number of rotatable bonds is 6. The minimum atomic E-state index is -0.333. The van der Waals surface area contributed by atoms with Crippen molar-refractivity contribution in [1.82, 2.24) is 0 Å². The molecule has 1 aliphatic heterocycles. The Bertz CT molecular complexity index is 1440. The van der Waals surface area contributed by atoms with Crippen LogP contribution < -0.4 is 9.75 Å². The molecule has 0 saturated heterocycles. The van der Waals surface area contributed by atoms with Crippen LogP contribution in [0.4, 0.5) is 10.1 Å². The maximum atomic E-state index is 13.9. The molecule has 0 unspecified atom stereocenters. The third-order valence-electron chi connectivity index (χ3n) is 5.53. The van der Waals surface area contributed by atoms with Crippen LogP contribution in [0.5, 0.6) is 5.75 Å². The summed E-state index contributed by atoms with van der Waals surface area (Å²) in [6.07, 6.45) is 1.77. The summed E-state index contributed by atoms with van der Waals surface area (Å²) >= 11 is 6.46. The second-order valence-corrected chi connectivity index (χ2v) is 8.30. The number of carbonyl (C=O) groups is 1. The van der Waals surface area contributed by atoms with Gasteiger partial charge in [0.2, 0.25) is 0 Å². The van der Waals surface area contributed by atoms with Crippen molar-refractivity contribution in [3.8, 4) is 5.75 Å². The topological polar surface area (TPSA) is 41.9 Å². The summed E-state index contributed by atoms with van der Waals surface area (Å²) in [7, 11) is 0. The van der Waals surface area contributed by atoms with Crippen LogP contribution in [-0.2, 0) is 11.4 Å². The second-order valence-electron chi connectivity index (χ2n) is 7.90. The van der Waals surface area contributed by atoms with Crippen molar-refractivity contribution in [2.75, 3.05) is 5.01 Å². The number of carbonyl (C=O) groups excluding carboxylic acids is 1. The number of para-hydroxylation sites is 1. The number of benzene rings is 4. The number of hydrogen-bond acceptors (Lipinski definition) is 3. The van der Waals surface area contributed by atoms with Crippen molar-refractivity contribution >= 4 is 35.0 Å². The highest BCUT2D eigenvalue weighted by Crippen LogP contribution is 2.31. The van der Waals surface area contributed by atoms with Crippen LogP contribution in [0, 0.1) is 5.82 Å². The first-order valence-electron chi connectivity index (χ1n) is 11.0. The van der Waals surface area contributed by atoms with Gasteiger partial charge in [-0.05, 0) is 42.0 Å². The molecule has 0 fully saturated rings. The summed E-state index contributed by atoms with van der Waals surface area (Å²) < 4.78 is 19.6. The molecule has 0 bridgehead atoms. The van der Waals surface area contributed by atoms with Crippen LogP contribution in [0.25, 0.3) is 6.08 Å². The van der Waals surface area contributed by atoms with Crippen molar-refractivity contribution < 1.29 is 13.9 Å². The highest BCUT2D eigenvalue weighted by Gasteiger charge is 2.31. The molecule has 0 aromatic heterocycles. The lowest BCUT2D eigenvalue weighted by atomic mass is 10.0. The molecule has 0 N–H and O–H groups in total. The molecule has 4 nitrogen and oxygen atoms in total. The fraction of sp³-hybridized carbons (Fsp3) is 0.0345. The van der Waals surface area contributed by atoms with Gasteiger partial charge in [0.15, 0.2) is 0 Å². The van der Waals surface area contributed by atoms with Crippen LogP contribution in [0.1, 0.15) is 16.7 Å². The first-order chi connectivity index (χ1) is 17.1. The number of nitrogens with zero attached hydrogens (tertiary/aromatic N) is 2. The highest BCUT2D eigenvalue weighted by atomic mass is 35.5. The van der Waals surface area contributed by atoms with E-state index in [2.05, 4.69) is 5.10 Å². The van der Waals surface area contributed by atoms with Gasteiger partial charge >= 0.3 is 0 Å². The van der Waals surface area contributed by atoms with Gasteiger partial charge in [-0.3, -0.25) is 4.79 Å². The van der Waals surface area contributed by atoms with Gasteiger partial charge in [-0.1, -0.05) is 84.4 Å². The van der Waals surface area contributed by atoms with E-state index < -0.39 is 0 Å². The molecule has 4 aromatic rings. The van der Waals surface area contributed by atoms with E-state index in [9.17, 15) is 9.18 Å². The first-order valence-corrected chi connectivity index (χ1v) is 11.4. The Morgan fingerprint density at radius 1 is 0.886 bits per heavy atom. The van der Waals surface area contributed by atoms with Gasteiger partial charge < -0.3 is 4.74 Å². The second kappa shape index (κ2) is 9.95. The smallest absolute Gasteiger partial charge is 0.281 e. The third-order valence-corrected chi connectivity index (χ3v) is 5.83. The van der Waals surface area contributed by atoms with Crippen LogP contribution >= 0.6 is 11.6 Å². The Hall–Kier alpha value is -4.22. The van der Waals surface area contributed by atoms with E-state index in [0.29, 0.717) is 33.3 Å². The van der Waals surface area contributed by atoms with Crippen molar-refractivity contribution in [1.29, 1.82) is 0 Å². The molecular weight excluding hydrogens is 463 g/mol. The molecule has 5 rings (SSSR count). The molecular formula is C29H20ClFN2O2. The Labute approximate surface area is 207 Å². The van der Waals surface area contributed by atoms with E-state index in [-0.39, 0.29) is 18.3 Å². The number of hydrogen-bond donors (Lipinski definition) is 0. The van der Waals surface area contributed by atoms with Crippen LogP contribution in [-0.4, -0.2) is 11.6 Å². The van der Waals surface area contributed by atoms with E-state index in [0.717, 1.165) is 11.1 Å². The van der Waals surface area contributed by atoms with Crippen LogP contribution in [0.15, 0.2) is 114 Å². The van der Waals surface area contributed by atoms with Crippen molar-refractivity contribution in [2.45, 2.75) is 6.61 Å². The molecule has 0 aliphatic carbocycles. The number of halogens is 2. The van der Waals surface area contributed by atoms with Gasteiger partial charge in [-0.2, -0.15) is 10.1 Å². The normalized spacial score (nSPS) is 14.3. The molecule has 4 aromatic carbocycles. The number of anilines is 1. The van der Waals surface area contributed by atoms with Gasteiger partial charge in [0.05, 0.1) is 16.3 Å². The number of hydrazone groups is 1. The largest absolute Gasteiger partial charge is 0.487 e. The monoisotopic (exact) mass is 482 g/mol. The van der Waals surface area contributed by atoms with E-state index >= 15 is 0 Å². The SMILES string of the molecule is O=C1/C(=C\c2ccc(OCc3ccccc3F)c(Cl)c2)C(c2ccccc2)=NN1c1ccccc1. The predicted molar refractivity (Wildman–Crippen MR) is 137 cm³/mol. The zero-order chi connectivity index (χ0) is 24.2.